The molecule has 0 atom stereocenters. The minimum atomic E-state index is 0.654. The third-order valence-electron chi connectivity index (χ3n) is 2.69. The highest BCUT2D eigenvalue weighted by Gasteiger charge is 2.08. The Hall–Kier alpha value is -2.17. The van der Waals surface area contributed by atoms with E-state index in [9.17, 15) is 0 Å². The topological polar surface area (TPSA) is 54.6 Å². The molecule has 0 radical (unpaired) electrons. The van der Waals surface area contributed by atoms with Crippen LogP contribution >= 0.6 is 0 Å². The van der Waals surface area contributed by atoms with Crippen molar-refractivity contribution < 1.29 is 0 Å². The minimum Gasteiger partial charge on any atom is -0.358 e. The maximum Gasteiger partial charge on any atom is 0.232 e. The molecule has 3 aromatic rings. The van der Waals surface area contributed by atoms with Crippen LogP contribution in [0.3, 0.4) is 0 Å². The lowest BCUT2D eigenvalue weighted by molar-refractivity contribution is 0.918. The summed E-state index contributed by atoms with van der Waals surface area (Å²) in [6.07, 6.45) is 3.69. The van der Waals surface area contributed by atoms with Crippen LogP contribution in [0.2, 0.25) is 0 Å². The Balaban J connectivity index is 2.68. The Bertz CT molecular complexity index is 698. The van der Waals surface area contributed by atoms with Gasteiger partial charge in [-0.25, -0.2) is 14.4 Å². The molecule has 1 aromatic carbocycles. The largest absolute Gasteiger partial charge is 0.358 e. The van der Waals surface area contributed by atoms with Crippen LogP contribution in [0, 0.1) is 0 Å². The van der Waals surface area contributed by atoms with E-state index in [1.54, 1.807) is 7.05 Å². The van der Waals surface area contributed by atoms with Crippen molar-refractivity contribution >= 4 is 22.2 Å². The van der Waals surface area contributed by atoms with E-state index in [4.69, 9.17) is 0 Å². The smallest absolute Gasteiger partial charge is 0.232 e. The van der Waals surface area contributed by atoms with E-state index in [0.717, 1.165) is 22.2 Å². The van der Waals surface area contributed by atoms with E-state index in [1.165, 1.54) is 0 Å². The highest BCUT2D eigenvalue weighted by molar-refractivity contribution is 5.97. The van der Waals surface area contributed by atoms with Crippen molar-refractivity contribution in [3.8, 4) is 0 Å². The van der Waals surface area contributed by atoms with Crippen LogP contribution in [0.5, 0.6) is 0 Å². The molecule has 3 rings (SSSR count). The fourth-order valence-corrected chi connectivity index (χ4v) is 1.98. The SMILES string of the molecule is CN=c1ncc2ccc3cnc(NC)n1c32. The average Bonchev–Trinajstić information content (AvgIpc) is 2.75. The zero-order valence-corrected chi connectivity index (χ0v) is 9.10. The van der Waals surface area contributed by atoms with E-state index in [0.29, 0.717) is 5.62 Å². The first-order valence-corrected chi connectivity index (χ1v) is 5.04. The second-order valence-electron chi connectivity index (χ2n) is 3.54. The molecule has 16 heavy (non-hydrogen) atoms. The Morgan fingerprint density at radius 1 is 1.19 bits per heavy atom. The lowest BCUT2D eigenvalue weighted by atomic mass is 10.3. The lowest BCUT2D eigenvalue weighted by Gasteiger charge is -2.07. The second-order valence-corrected chi connectivity index (χ2v) is 3.54. The standard InChI is InChI=1S/C11H11N5/c1-12-10-14-5-7-3-4-8-6-15-11(13-2)16(10)9(7)8/h3-6H,1-2H3,(H,12,14). The van der Waals surface area contributed by atoms with Gasteiger partial charge in [0, 0.05) is 37.3 Å². The summed E-state index contributed by atoms with van der Waals surface area (Å²) in [6.45, 7) is 0. The van der Waals surface area contributed by atoms with E-state index in [-0.39, 0.29) is 0 Å². The third-order valence-corrected chi connectivity index (χ3v) is 2.69. The van der Waals surface area contributed by atoms with Crippen molar-refractivity contribution in [2.45, 2.75) is 0 Å². The summed E-state index contributed by atoms with van der Waals surface area (Å²) >= 11 is 0. The molecule has 80 valence electrons. The molecule has 0 aliphatic heterocycles. The van der Waals surface area contributed by atoms with E-state index < -0.39 is 0 Å². The van der Waals surface area contributed by atoms with Gasteiger partial charge in [0.15, 0.2) is 0 Å². The van der Waals surface area contributed by atoms with Crippen LogP contribution < -0.4 is 10.9 Å². The summed E-state index contributed by atoms with van der Waals surface area (Å²) in [7, 11) is 3.57. The summed E-state index contributed by atoms with van der Waals surface area (Å²) in [5, 5.41) is 5.25. The van der Waals surface area contributed by atoms with Gasteiger partial charge in [0.25, 0.3) is 0 Å². The molecular weight excluding hydrogens is 202 g/mol. The second kappa shape index (κ2) is 3.16. The van der Waals surface area contributed by atoms with Crippen molar-refractivity contribution in [3.63, 3.8) is 0 Å². The van der Waals surface area contributed by atoms with Crippen LogP contribution in [0.15, 0.2) is 29.5 Å². The summed E-state index contributed by atoms with van der Waals surface area (Å²) < 4.78 is 1.94. The predicted octanol–water partition coefficient (Wildman–Crippen LogP) is 0.892. The van der Waals surface area contributed by atoms with Crippen LogP contribution in [0.4, 0.5) is 5.95 Å². The molecule has 0 aliphatic carbocycles. The van der Waals surface area contributed by atoms with Crippen molar-refractivity contribution in [3.05, 3.63) is 30.1 Å². The minimum absolute atomic E-state index is 0.654. The fourth-order valence-electron chi connectivity index (χ4n) is 1.98. The number of anilines is 1. The van der Waals surface area contributed by atoms with E-state index in [1.807, 2.05) is 36.0 Å². The van der Waals surface area contributed by atoms with Gasteiger partial charge >= 0.3 is 0 Å². The van der Waals surface area contributed by atoms with Gasteiger partial charge < -0.3 is 5.32 Å². The fraction of sp³-hybridized carbons (Fsp3) is 0.182. The molecule has 1 N–H and O–H groups in total. The zero-order valence-electron chi connectivity index (χ0n) is 9.10. The Labute approximate surface area is 91.8 Å². The maximum atomic E-state index is 4.34. The Morgan fingerprint density at radius 2 is 1.88 bits per heavy atom. The molecule has 0 saturated carbocycles. The number of hydrogen-bond donors (Lipinski definition) is 1. The maximum absolute atomic E-state index is 4.34. The van der Waals surface area contributed by atoms with Gasteiger partial charge in [0.05, 0.1) is 5.52 Å². The summed E-state index contributed by atoms with van der Waals surface area (Å²) in [6, 6.07) is 4.08. The monoisotopic (exact) mass is 213 g/mol. The number of nitrogens with zero attached hydrogens (tertiary/aromatic N) is 4. The van der Waals surface area contributed by atoms with Crippen molar-refractivity contribution in [1.29, 1.82) is 0 Å². The van der Waals surface area contributed by atoms with Gasteiger partial charge in [-0.05, 0) is 0 Å². The first-order valence-electron chi connectivity index (χ1n) is 5.04. The third kappa shape index (κ3) is 1.02. The van der Waals surface area contributed by atoms with Gasteiger partial charge in [-0.1, -0.05) is 12.1 Å². The molecule has 0 bridgehead atoms. The zero-order chi connectivity index (χ0) is 11.1. The summed E-state index contributed by atoms with van der Waals surface area (Å²) in [4.78, 5) is 12.8. The molecule has 2 heterocycles. The molecule has 2 aromatic heterocycles. The molecule has 0 aliphatic rings. The number of hydrogen-bond acceptors (Lipinski definition) is 4. The van der Waals surface area contributed by atoms with Gasteiger partial charge in [-0.15, -0.1) is 0 Å². The van der Waals surface area contributed by atoms with Gasteiger partial charge in [0.1, 0.15) is 0 Å². The average molecular weight is 213 g/mol. The van der Waals surface area contributed by atoms with Crippen LogP contribution in [0.25, 0.3) is 16.3 Å². The molecule has 0 fully saturated rings. The van der Waals surface area contributed by atoms with Gasteiger partial charge in [0.2, 0.25) is 11.6 Å². The molecule has 5 nitrogen and oxygen atoms in total. The Morgan fingerprint density at radius 3 is 2.50 bits per heavy atom. The first-order chi connectivity index (χ1) is 7.85. The van der Waals surface area contributed by atoms with Crippen LogP contribution in [-0.2, 0) is 0 Å². The predicted molar refractivity (Wildman–Crippen MR) is 62.7 cm³/mol. The van der Waals surface area contributed by atoms with E-state index >= 15 is 0 Å². The molecular formula is C11H11N5. The molecule has 0 amide bonds. The highest BCUT2D eigenvalue weighted by Crippen LogP contribution is 2.21. The summed E-state index contributed by atoms with van der Waals surface area (Å²) in [5.74, 6) is 0.748. The number of nitrogens with one attached hydrogen (secondary N) is 1. The van der Waals surface area contributed by atoms with E-state index in [2.05, 4.69) is 20.3 Å². The van der Waals surface area contributed by atoms with Crippen LogP contribution in [-0.4, -0.2) is 28.5 Å². The van der Waals surface area contributed by atoms with Crippen molar-refractivity contribution in [2.75, 3.05) is 19.4 Å². The first kappa shape index (κ1) is 9.08. The van der Waals surface area contributed by atoms with Crippen molar-refractivity contribution in [1.82, 2.24) is 14.4 Å². The van der Waals surface area contributed by atoms with Crippen LogP contribution in [0.1, 0.15) is 0 Å². The molecule has 0 saturated heterocycles. The Kier molecular flexibility index (Phi) is 1.80. The number of rotatable bonds is 1. The summed E-state index contributed by atoms with van der Waals surface area (Å²) in [5.41, 5.74) is 1.76. The lowest BCUT2D eigenvalue weighted by Crippen LogP contribution is -2.21. The normalized spacial score (nSPS) is 12.8. The molecule has 0 spiro atoms. The molecule has 5 heteroatoms. The van der Waals surface area contributed by atoms with Gasteiger partial charge in [-0.3, -0.25) is 4.99 Å². The van der Waals surface area contributed by atoms with Crippen molar-refractivity contribution in [2.24, 2.45) is 4.99 Å². The highest BCUT2D eigenvalue weighted by atomic mass is 15.2. The molecule has 0 unspecified atom stereocenters. The quantitative estimate of drug-likeness (QED) is 0.653. The van der Waals surface area contributed by atoms with Gasteiger partial charge in [-0.2, -0.15) is 0 Å². The number of aromatic nitrogens is 3.